The SMILES string of the molecule is Cn1ccc(=O)n(Cc2ccc3c(c2)CCC3)c1=O. The highest BCUT2D eigenvalue weighted by Gasteiger charge is 2.11. The Bertz CT molecular complexity index is 741. The lowest BCUT2D eigenvalue weighted by Gasteiger charge is -2.08. The number of fused-ring (bicyclic) bond motifs is 1. The van der Waals surface area contributed by atoms with E-state index in [2.05, 4.69) is 12.1 Å². The number of rotatable bonds is 2. The summed E-state index contributed by atoms with van der Waals surface area (Å²) in [5.74, 6) is 0. The monoisotopic (exact) mass is 256 g/mol. The summed E-state index contributed by atoms with van der Waals surface area (Å²) in [5, 5.41) is 0. The van der Waals surface area contributed by atoms with Crippen molar-refractivity contribution in [3.63, 3.8) is 0 Å². The van der Waals surface area contributed by atoms with Gasteiger partial charge in [0.25, 0.3) is 5.56 Å². The largest absolute Gasteiger partial charge is 0.331 e. The molecule has 2 aromatic rings. The zero-order valence-electron chi connectivity index (χ0n) is 10.9. The third kappa shape index (κ3) is 2.14. The van der Waals surface area contributed by atoms with E-state index in [0.29, 0.717) is 6.54 Å². The zero-order valence-corrected chi connectivity index (χ0v) is 10.9. The van der Waals surface area contributed by atoms with E-state index in [4.69, 9.17) is 0 Å². The van der Waals surface area contributed by atoms with Crippen molar-refractivity contribution < 1.29 is 0 Å². The van der Waals surface area contributed by atoms with Crippen LogP contribution < -0.4 is 11.2 Å². The molecule has 0 fully saturated rings. The highest BCUT2D eigenvalue weighted by molar-refractivity contribution is 5.35. The van der Waals surface area contributed by atoms with E-state index in [1.165, 1.54) is 38.9 Å². The smallest absolute Gasteiger partial charge is 0.303 e. The second-order valence-corrected chi connectivity index (χ2v) is 5.09. The van der Waals surface area contributed by atoms with Crippen LogP contribution in [0.25, 0.3) is 0 Å². The molecular formula is C15H16N2O2. The van der Waals surface area contributed by atoms with Gasteiger partial charge in [0.05, 0.1) is 6.54 Å². The Labute approximate surface area is 110 Å². The van der Waals surface area contributed by atoms with Gasteiger partial charge in [-0.1, -0.05) is 18.2 Å². The first kappa shape index (κ1) is 12.0. The lowest BCUT2D eigenvalue weighted by molar-refractivity contribution is 0.639. The maximum absolute atomic E-state index is 12.0. The van der Waals surface area contributed by atoms with Crippen LogP contribution in [0.5, 0.6) is 0 Å². The quantitative estimate of drug-likeness (QED) is 0.807. The first-order valence-corrected chi connectivity index (χ1v) is 6.52. The Balaban J connectivity index is 2.00. The van der Waals surface area contributed by atoms with E-state index in [0.717, 1.165) is 18.4 Å². The van der Waals surface area contributed by atoms with Gasteiger partial charge in [0, 0.05) is 19.3 Å². The van der Waals surface area contributed by atoms with Gasteiger partial charge in [0.15, 0.2) is 0 Å². The predicted octanol–water partition coefficient (Wildman–Crippen LogP) is 1.08. The van der Waals surface area contributed by atoms with Gasteiger partial charge in [0.1, 0.15) is 0 Å². The molecule has 0 spiro atoms. The molecule has 0 aliphatic heterocycles. The third-order valence-electron chi connectivity index (χ3n) is 3.74. The van der Waals surface area contributed by atoms with Crippen molar-refractivity contribution in [2.24, 2.45) is 7.05 Å². The Morgan fingerprint density at radius 3 is 2.74 bits per heavy atom. The molecule has 0 radical (unpaired) electrons. The van der Waals surface area contributed by atoms with Crippen LogP contribution in [0.15, 0.2) is 40.1 Å². The summed E-state index contributed by atoms with van der Waals surface area (Å²) >= 11 is 0. The van der Waals surface area contributed by atoms with Crippen molar-refractivity contribution in [3.05, 3.63) is 68.0 Å². The molecule has 1 aliphatic rings. The molecule has 0 atom stereocenters. The van der Waals surface area contributed by atoms with Crippen molar-refractivity contribution in [3.8, 4) is 0 Å². The van der Waals surface area contributed by atoms with Crippen LogP contribution >= 0.6 is 0 Å². The van der Waals surface area contributed by atoms with Crippen LogP contribution in [0.2, 0.25) is 0 Å². The molecule has 19 heavy (non-hydrogen) atoms. The molecule has 3 rings (SSSR count). The van der Waals surface area contributed by atoms with Crippen LogP contribution in [-0.2, 0) is 26.4 Å². The Hall–Kier alpha value is -2.10. The van der Waals surface area contributed by atoms with Crippen molar-refractivity contribution in [2.75, 3.05) is 0 Å². The second kappa shape index (κ2) is 4.53. The van der Waals surface area contributed by atoms with Gasteiger partial charge in [-0.25, -0.2) is 4.79 Å². The van der Waals surface area contributed by atoms with Gasteiger partial charge in [-0.2, -0.15) is 0 Å². The van der Waals surface area contributed by atoms with Crippen LogP contribution in [0, 0.1) is 0 Å². The fourth-order valence-electron chi connectivity index (χ4n) is 2.67. The van der Waals surface area contributed by atoms with E-state index in [1.54, 1.807) is 7.05 Å². The van der Waals surface area contributed by atoms with Crippen LogP contribution in [0.3, 0.4) is 0 Å². The molecule has 0 saturated carbocycles. The summed E-state index contributed by atoms with van der Waals surface area (Å²) in [7, 11) is 1.65. The zero-order chi connectivity index (χ0) is 13.4. The molecule has 0 saturated heterocycles. The van der Waals surface area contributed by atoms with E-state index >= 15 is 0 Å². The van der Waals surface area contributed by atoms with Gasteiger partial charge >= 0.3 is 5.69 Å². The standard InChI is InChI=1S/C15H16N2O2/c1-16-8-7-14(18)17(15(16)19)10-11-5-6-12-3-2-4-13(12)9-11/h5-9H,2-4,10H2,1H3. The first-order chi connectivity index (χ1) is 9.15. The fraction of sp³-hybridized carbons (Fsp3) is 0.333. The van der Waals surface area contributed by atoms with Crippen molar-refractivity contribution >= 4 is 0 Å². The number of aryl methyl sites for hydroxylation is 3. The van der Waals surface area contributed by atoms with Crippen molar-refractivity contribution in [2.45, 2.75) is 25.8 Å². The van der Waals surface area contributed by atoms with Crippen LogP contribution in [0.4, 0.5) is 0 Å². The van der Waals surface area contributed by atoms with Gasteiger partial charge in [-0.05, 0) is 36.0 Å². The summed E-state index contributed by atoms with van der Waals surface area (Å²) in [6, 6.07) is 7.69. The van der Waals surface area contributed by atoms with E-state index in [1.807, 2.05) is 6.07 Å². The van der Waals surface area contributed by atoms with E-state index < -0.39 is 0 Å². The summed E-state index contributed by atoms with van der Waals surface area (Å²) in [5.41, 5.74) is 3.26. The van der Waals surface area contributed by atoms with Gasteiger partial charge in [-0.3, -0.25) is 9.36 Å². The second-order valence-electron chi connectivity index (χ2n) is 5.09. The normalized spacial score (nSPS) is 13.5. The van der Waals surface area contributed by atoms with Crippen molar-refractivity contribution in [1.82, 2.24) is 9.13 Å². The predicted molar refractivity (Wildman–Crippen MR) is 73.5 cm³/mol. The number of benzene rings is 1. The Morgan fingerprint density at radius 2 is 1.89 bits per heavy atom. The van der Waals surface area contributed by atoms with Gasteiger partial charge in [-0.15, -0.1) is 0 Å². The number of nitrogens with zero attached hydrogens (tertiary/aromatic N) is 2. The molecule has 0 unspecified atom stereocenters. The number of hydrogen-bond acceptors (Lipinski definition) is 2. The summed E-state index contributed by atoms with van der Waals surface area (Å²) in [6.45, 7) is 0.347. The summed E-state index contributed by atoms with van der Waals surface area (Å²) in [4.78, 5) is 23.7. The molecule has 1 aromatic heterocycles. The van der Waals surface area contributed by atoms with Gasteiger partial charge < -0.3 is 4.57 Å². The van der Waals surface area contributed by atoms with Crippen LogP contribution in [-0.4, -0.2) is 9.13 Å². The minimum atomic E-state index is -0.270. The molecule has 0 amide bonds. The van der Waals surface area contributed by atoms with Crippen molar-refractivity contribution in [1.29, 1.82) is 0 Å². The third-order valence-corrected chi connectivity index (χ3v) is 3.74. The molecular weight excluding hydrogens is 240 g/mol. The van der Waals surface area contributed by atoms with E-state index in [-0.39, 0.29) is 11.2 Å². The maximum Gasteiger partial charge on any atom is 0.331 e. The molecule has 4 nitrogen and oxygen atoms in total. The maximum atomic E-state index is 12.0. The first-order valence-electron chi connectivity index (χ1n) is 6.52. The topological polar surface area (TPSA) is 44.0 Å². The molecule has 0 bridgehead atoms. The highest BCUT2D eigenvalue weighted by atomic mass is 16.2. The lowest BCUT2D eigenvalue weighted by atomic mass is 10.1. The number of hydrogen-bond donors (Lipinski definition) is 0. The highest BCUT2D eigenvalue weighted by Crippen LogP contribution is 2.22. The average molecular weight is 256 g/mol. The average Bonchev–Trinajstić information content (AvgIpc) is 2.86. The molecule has 1 heterocycles. The molecule has 4 heteroatoms. The molecule has 1 aromatic carbocycles. The minimum absolute atomic E-state index is 0.247. The Kier molecular flexibility index (Phi) is 2.85. The number of aromatic nitrogens is 2. The fourth-order valence-corrected chi connectivity index (χ4v) is 2.67. The minimum Gasteiger partial charge on any atom is -0.303 e. The molecule has 1 aliphatic carbocycles. The summed E-state index contributed by atoms with van der Waals surface area (Å²) in [6.07, 6.45) is 4.95. The lowest BCUT2D eigenvalue weighted by Crippen LogP contribution is -2.38. The molecule has 0 N–H and O–H groups in total. The van der Waals surface area contributed by atoms with Gasteiger partial charge in [0.2, 0.25) is 0 Å². The Morgan fingerprint density at radius 1 is 1.11 bits per heavy atom. The molecule has 98 valence electrons. The summed E-state index contributed by atoms with van der Waals surface area (Å²) < 4.78 is 2.70. The van der Waals surface area contributed by atoms with Crippen LogP contribution in [0.1, 0.15) is 23.1 Å². The van der Waals surface area contributed by atoms with E-state index in [9.17, 15) is 9.59 Å².